The summed E-state index contributed by atoms with van der Waals surface area (Å²) in [5, 5.41) is 3.37. The van der Waals surface area contributed by atoms with Crippen molar-refractivity contribution in [3.63, 3.8) is 0 Å². The molecule has 0 saturated heterocycles. The second-order valence-electron chi connectivity index (χ2n) is 6.07. The Balaban J connectivity index is 1.70. The fourth-order valence-electron chi connectivity index (χ4n) is 2.69. The first-order valence-electron chi connectivity index (χ1n) is 8.71. The highest BCUT2D eigenvalue weighted by Gasteiger charge is 2.13. The van der Waals surface area contributed by atoms with Crippen LogP contribution in [0.4, 0.5) is 10.1 Å². The van der Waals surface area contributed by atoms with E-state index in [1.54, 1.807) is 32.4 Å². The molecule has 28 heavy (non-hydrogen) atoms. The first-order valence-corrected chi connectivity index (χ1v) is 9.79. The molecule has 0 spiro atoms. The van der Waals surface area contributed by atoms with Crippen LogP contribution in [0.15, 0.2) is 60.7 Å². The van der Waals surface area contributed by atoms with Crippen LogP contribution >= 0.6 is 22.6 Å². The minimum absolute atomic E-state index is 0.141. The molecule has 6 heteroatoms. The molecule has 0 unspecified atom stereocenters. The van der Waals surface area contributed by atoms with Crippen LogP contribution < -0.4 is 19.5 Å². The molecule has 0 radical (unpaired) electrons. The van der Waals surface area contributed by atoms with Gasteiger partial charge in [-0.05, 0) is 70.6 Å². The van der Waals surface area contributed by atoms with Crippen molar-refractivity contribution >= 4 is 28.3 Å². The molecule has 0 amide bonds. The number of hydrogen-bond donors (Lipinski definition) is 1. The van der Waals surface area contributed by atoms with Gasteiger partial charge in [0.25, 0.3) is 0 Å². The predicted octanol–water partition coefficient (Wildman–Crippen LogP) is 5.64. The van der Waals surface area contributed by atoms with Crippen LogP contribution in [-0.4, -0.2) is 14.2 Å². The van der Waals surface area contributed by atoms with E-state index in [1.807, 2.05) is 36.4 Å². The smallest absolute Gasteiger partial charge is 0.174 e. The van der Waals surface area contributed by atoms with Crippen molar-refractivity contribution in [2.75, 3.05) is 19.5 Å². The quantitative estimate of drug-likeness (QED) is 0.413. The molecule has 0 saturated carbocycles. The third-order valence-electron chi connectivity index (χ3n) is 4.21. The van der Waals surface area contributed by atoms with Gasteiger partial charge < -0.3 is 19.5 Å². The maximum absolute atomic E-state index is 13.8. The molecule has 4 nitrogen and oxygen atoms in total. The number of halogens is 2. The van der Waals surface area contributed by atoms with Gasteiger partial charge in [-0.1, -0.05) is 18.2 Å². The molecule has 3 aromatic rings. The zero-order valence-electron chi connectivity index (χ0n) is 15.7. The largest absolute Gasteiger partial charge is 0.497 e. The average Bonchev–Trinajstić information content (AvgIpc) is 2.72. The summed E-state index contributed by atoms with van der Waals surface area (Å²) in [6.45, 7) is 0.773. The summed E-state index contributed by atoms with van der Waals surface area (Å²) in [6.07, 6.45) is 0. The van der Waals surface area contributed by atoms with E-state index in [9.17, 15) is 4.39 Å². The molecular formula is C22H21FINO3. The topological polar surface area (TPSA) is 39.7 Å². The Morgan fingerprint density at radius 3 is 2.39 bits per heavy atom. The molecule has 0 atom stereocenters. The lowest BCUT2D eigenvalue weighted by molar-refractivity contribution is 0.277. The van der Waals surface area contributed by atoms with Gasteiger partial charge in [0.05, 0.1) is 17.8 Å². The molecule has 0 aromatic heterocycles. The van der Waals surface area contributed by atoms with E-state index in [4.69, 9.17) is 14.2 Å². The molecule has 0 aliphatic carbocycles. The van der Waals surface area contributed by atoms with Crippen molar-refractivity contribution < 1.29 is 18.6 Å². The van der Waals surface area contributed by atoms with E-state index in [-0.39, 0.29) is 12.4 Å². The van der Waals surface area contributed by atoms with Crippen LogP contribution in [0.3, 0.4) is 0 Å². The number of methoxy groups -OCH3 is 2. The van der Waals surface area contributed by atoms with Gasteiger partial charge in [-0.2, -0.15) is 0 Å². The SMILES string of the molecule is COc1ccc(NCc2cc(I)c(OCc3ccccc3F)c(OC)c2)cc1. The lowest BCUT2D eigenvalue weighted by atomic mass is 10.2. The van der Waals surface area contributed by atoms with Crippen molar-refractivity contribution in [1.29, 1.82) is 0 Å². The summed E-state index contributed by atoms with van der Waals surface area (Å²) in [6, 6.07) is 18.3. The van der Waals surface area contributed by atoms with Crippen LogP contribution in [0.5, 0.6) is 17.2 Å². The average molecular weight is 493 g/mol. The number of rotatable bonds is 8. The van der Waals surface area contributed by atoms with E-state index >= 15 is 0 Å². The molecule has 0 aliphatic heterocycles. The highest BCUT2D eigenvalue weighted by molar-refractivity contribution is 14.1. The maximum atomic E-state index is 13.8. The Labute approximate surface area is 177 Å². The molecular weight excluding hydrogens is 472 g/mol. The molecule has 0 fully saturated rings. The second-order valence-corrected chi connectivity index (χ2v) is 7.23. The normalized spacial score (nSPS) is 10.4. The Morgan fingerprint density at radius 1 is 0.964 bits per heavy atom. The predicted molar refractivity (Wildman–Crippen MR) is 117 cm³/mol. The van der Waals surface area contributed by atoms with Gasteiger partial charge in [0.1, 0.15) is 18.2 Å². The van der Waals surface area contributed by atoms with E-state index in [1.165, 1.54) is 6.07 Å². The molecule has 3 rings (SSSR count). The zero-order valence-corrected chi connectivity index (χ0v) is 17.8. The molecule has 0 heterocycles. The number of ether oxygens (including phenoxy) is 3. The summed E-state index contributed by atoms with van der Waals surface area (Å²) < 4.78 is 31.3. The van der Waals surface area contributed by atoms with Gasteiger partial charge in [0.2, 0.25) is 0 Å². The number of benzene rings is 3. The Kier molecular flexibility index (Phi) is 6.97. The van der Waals surface area contributed by atoms with Crippen molar-refractivity contribution in [2.45, 2.75) is 13.2 Å². The number of anilines is 1. The van der Waals surface area contributed by atoms with Crippen LogP contribution in [-0.2, 0) is 13.2 Å². The van der Waals surface area contributed by atoms with Crippen LogP contribution in [0, 0.1) is 9.39 Å². The van der Waals surface area contributed by atoms with E-state index in [0.717, 1.165) is 20.6 Å². The minimum atomic E-state index is -0.281. The Morgan fingerprint density at radius 2 is 1.71 bits per heavy atom. The lowest BCUT2D eigenvalue weighted by Gasteiger charge is -2.15. The fourth-order valence-corrected chi connectivity index (χ4v) is 3.52. The van der Waals surface area contributed by atoms with Crippen LogP contribution in [0.25, 0.3) is 0 Å². The van der Waals surface area contributed by atoms with Gasteiger partial charge >= 0.3 is 0 Å². The van der Waals surface area contributed by atoms with Crippen molar-refractivity contribution in [3.05, 3.63) is 81.2 Å². The Bertz CT molecular complexity index is 932. The molecule has 0 bridgehead atoms. The lowest BCUT2D eigenvalue weighted by Crippen LogP contribution is -2.04. The highest BCUT2D eigenvalue weighted by Crippen LogP contribution is 2.35. The van der Waals surface area contributed by atoms with Crippen molar-refractivity contribution in [2.24, 2.45) is 0 Å². The third-order valence-corrected chi connectivity index (χ3v) is 5.01. The summed E-state index contributed by atoms with van der Waals surface area (Å²) in [5.74, 6) is 1.77. The van der Waals surface area contributed by atoms with E-state index in [2.05, 4.69) is 27.9 Å². The van der Waals surface area contributed by atoms with E-state index in [0.29, 0.717) is 23.6 Å². The summed E-state index contributed by atoms with van der Waals surface area (Å²) in [5.41, 5.74) is 2.55. The second kappa shape index (κ2) is 9.64. The number of nitrogens with one attached hydrogen (secondary N) is 1. The zero-order chi connectivity index (χ0) is 19.9. The van der Waals surface area contributed by atoms with Gasteiger partial charge in [-0.15, -0.1) is 0 Å². The first kappa shape index (κ1) is 20.3. The molecule has 146 valence electrons. The fraction of sp³-hybridized carbons (Fsp3) is 0.182. The summed E-state index contributed by atoms with van der Waals surface area (Å²) in [4.78, 5) is 0. The van der Waals surface area contributed by atoms with Gasteiger partial charge in [0, 0.05) is 17.8 Å². The Hall–Kier alpha value is -2.48. The van der Waals surface area contributed by atoms with Gasteiger partial charge in [0.15, 0.2) is 11.5 Å². The van der Waals surface area contributed by atoms with Crippen molar-refractivity contribution in [3.8, 4) is 17.2 Å². The van der Waals surface area contributed by atoms with Gasteiger partial charge in [-0.25, -0.2) is 4.39 Å². The molecule has 0 aliphatic rings. The maximum Gasteiger partial charge on any atom is 0.174 e. The van der Waals surface area contributed by atoms with Crippen LogP contribution in [0.2, 0.25) is 0 Å². The van der Waals surface area contributed by atoms with Gasteiger partial charge in [-0.3, -0.25) is 0 Å². The summed E-state index contributed by atoms with van der Waals surface area (Å²) in [7, 11) is 3.24. The van der Waals surface area contributed by atoms with Crippen molar-refractivity contribution in [1.82, 2.24) is 0 Å². The minimum Gasteiger partial charge on any atom is -0.497 e. The first-order chi connectivity index (χ1) is 13.6. The monoisotopic (exact) mass is 493 g/mol. The number of hydrogen-bond acceptors (Lipinski definition) is 4. The molecule has 3 aromatic carbocycles. The highest BCUT2D eigenvalue weighted by atomic mass is 127. The summed E-state index contributed by atoms with van der Waals surface area (Å²) >= 11 is 2.21. The third kappa shape index (κ3) is 5.07. The van der Waals surface area contributed by atoms with Crippen LogP contribution in [0.1, 0.15) is 11.1 Å². The van der Waals surface area contributed by atoms with E-state index < -0.39 is 0 Å². The molecule has 1 N–H and O–H groups in total. The standard InChI is InChI=1S/C22H21FINO3/c1-26-18-9-7-17(8-10-18)25-13-15-11-20(24)22(21(12-15)27-2)28-14-16-5-3-4-6-19(16)23/h3-12,25H,13-14H2,1-2H3.